The standard InChI is InChI=1S/C12H20N4O/c1-3-4-15-5-7-16(8-6-15)12-11(17-2)9-13-10-14-12/h9-10H,3-8H2,1-2H3. The van der Waals surface area contributed by atoms with Crippen LogP contribution in [0.1, 0.15) is 13.3 Å². The van der Waals surface area contributed by atoms with Gasteiger partial charge in [-0.1, -0.05) is 6.92 Å². The Balaban J connectivity index is 2.00. The third-order valence-corrected chi connectivity index (χ3v) is 3.09. The second-order valence-electron chi connectivity index (χ2n) is 4.24. The Morgan fingerprint density at radius 2 is 2.06 bits per heavy atom. The molecular formula is C12H20N4O. The summed E-state index contributed by atoms with van der Waals surface area (Å²) in [5.74, 6) is 1.68. The van der Waals surface area contributed by atoms with Crippen molar-refractivity contribution in [2.75, 3.05) is 44.7 Å². The van der Waals surface area contributed by atoms with Crippen molar-refractivity contribution in [1.82, 2.24) is 14.9 Å². The molecule has 0 aliphatic carbocycles. The summed E-state index contributed by atoms with van der Waals surface area (Å²) in [7, 11) is 1.66. The second kappa shape index (κ2) is 5.82. The van der Waals surface area contributed by atoms with Gasteiger partial charge in [0.25, 0.3) is 0 Å². The van der Waals surface area contributed by atoms with Crippen LogP contribution in [-0.4, -0.2) is 54.7 Å². The van der Waals surface area contributed by atoms with Crippen LogP contribution in [0.15, 0.2) is 12.5 Å². The average molecular weight is 236 g/mol. The predicted molar refractivity (Wildman–Crippen MR) is 67.5 cm³/mol. The number of rotatable bonds is 4. The summed E-state index contributed by atoms with van der Waals surface area (Å²) < 4.78 is 5.29. The van der Waals surface area contributed by atoms with Crippen molar-refractivity contribution in [2.45, 2.75) is 13.3 Å². The van der Waals surface area contributed by atoms with Gasteiger partial charge in [-0.3, -0.25) is 4.90 Å². The molecule has 2 heterocycles. The monoisotopic (exact) mass is 236 g/mol. The Labute approximate surface area is 102 Å². The van der Waals surface area contributed by atoms with Crippen molar-refractivity contribution in [2.24, 2.45) is 0 Å². The maximum Gasteiger partial charge on any atom is 0.179 e. The minimum Gasteiger partial charge on any atom is -0.491 e. The summed E-state index contributed by atoms with van der Waals surface area (Å²) in [5.41, 5.74) is 0. The second-order valence-corrected chi connectivity index (χ2v) is 4.24. The van der Waals surface area contributed by atoms with Crippen LogP contribution in [0.3, 0.4) is 0 Å². The Kier molecular flexibility index (Phi) is 4.14. The number of hydrogen-bond acceptors (Lipinski definition) is 5. The lowest BCUT2D eigenvalue weighted by atomic mass is 10.3. The molecule has 94 valence electrons. The number of piperazine rings is 1. The van der Waals surface area contributed by atoms with Crippen molar-refractivity contribution >= 4 is 5.82 Å². The van der Waals surface area contributed by atoms with Crippen LogP contribution in [0, 0.1) is 0 Å². The van der Waals surface area contributed by atoms with E-state index in [-0.39, 0.29) is 0 Å². The number of methoxy groups -OCH3 is 1. The van der Waals surface area contributed by atoms with Crippen molar-refractivity contribution in [3.05, 3.63) is 12.5 Å². The maximum absolute atomic E-state index is 5.29. The number of hydrogen-bond donors (Lipinski definition) is 0. The number of aromatic nitrogens is 2. The zero-order valence-electron chi connectivity index (χ0n) is 10.6. The first-order valence-corrected chi connectivity index (χ1v) is 6.16. The van der Waals surface area contributed by atoms with E-state index in [9.17, 15) is 0 Å². The molecule has 0 N–H and O–H groups in total. The van der Waals surface area contributed by atoms with Gasteiger partial charge in [0.1, 0.15) is 6.33 Å². The lowest BCUT2D eigenvalue weighted by Gasteiger charge is -2.35. The molecule has 2 rings (SSSR count). The third kappa shape index (κ3) is 2.85. The molecule has 0 atom stereocenters. The van der Waals surface area contributed by atoms with Crippen molar-refractivity contribution in [3.8, 4) is 5.75 Å². The van der Waals surface area contributed by atoms with E-state index < -0.39 is 0 Å². The SMILES string of the molecule is CCCN1CCN(c2ncncc2OC)CC1. The fourth-order valence-corrected chi connectivity index (χ4v) is 2.19. The van der Waals surface area contributed by atoms with Gasteiger partial charge in [-0.05, 0) is 13.0 Å². The summed E-state index contributed by atoms with van der Waals surface area (Å²) in [6.07, 6.45) is 4.52. The number of anilines is 1. The highest BCUT2D eigenvalue weighted by molar-refractivity contribution is 5.50. The lowest BCUT2D eigenvalue weighted by Crippen LogP contribution is -2.46. The average Bonchev–Trinajstić information content (AvgIpc) is 2.40. The van der Waals surface area contributed by atoms with Crippen LogP contribution in [0.25, 0.3) is 0 Å². The van der Waals surface area contributed by atoms with E-state index in [2.05, 4.69) is 26.7 Å². The number of nitrogens with zero attached hydrogens (tertiary/aromatic N) is 4. The van der Waals surface area contributed by atoms with Gasteiger partial charge < -0.3 is 9.64 Å². The van der Waals surface area contributed by atoms with E-state index in [1.807, 2.05) is 0 Å². The summed E-state index contributed by atoms with van der Waals surface area (Å²) in [4.78, 5) is 13.1. The van der Waals surface area contributed by atoms with Gasteiger partial charge in [-0.15, -0.1) is 0 Å². The molecule has 5 nitrogen and oxygen atoms in total. The Hall–Kier alpha value is -1.36. The molecule has 0 saturated carbocycles. The molecule has 17 heavy (non-hydrogen) atoms. The van der Waals surface area contributed by atoms with E-state index in [1.54, 1.807) is 19.6 Å². The summed E-state index contributed by atoms with van der Waals surface area (Å²) in [6.45, 7) is 7.62. The number of ether oxygens (including phenoxy) is 1. The highest BCUT2D eigenvalue weighted by Crippen LogP contribution is 2.24. The Bertz CT molecular complexity index is 350. The highest BCUT2D eigenvalue weighted by Gasteiger charge is 2.19. The molecule has 1 aliphatic rings. The summed E-state index contributed by atoms with van der Waals surface area (Å²) >= 11 is 0. The fraction of sp³-hybridized carbons (Fsp3) is 0.667. The molecule has 1 saturated heterocycles. The first-order chi connectivity index (χ1) is 8.35. The molecular weight excluding hydrogens is 216 g/mol. The predicted octanol–water partition coefficient (Wildman–Crippen LogP) is 1.02. The molecule has 5 heteroatoms. The Morgan fingerprint density at radius 1 is 1.29 bits per heavy atom. The van der Waals surface area contributed by atoms with Crippen LogP contribution >= 0.6 is 0 Å². The molecule has 0 spiro atoms. The van der Waals surface area contributed by atoms with Crippen molar-refractivity contribution in [1.29, 1.82) is 0 Å². The van der Waals surface area contributed by atoms with Crippen LogP contribution in [0.2, 0.25) is 0 Å². The van der Waals surface area contributed by atoms with Gasteiger partial charge in [-0.2, -0.15) is 0 Å². The lowest BCUT2D eigenvalue weighted by molar-refractivity contribution is 0.257. The van der Waals surface area contributed by atoms with Crippen LogP contribution in [0.4, 0.5) is 5.82 Å². The molecule has 0 radical (unpaired) electrons. The van der Waals surface area contributed by atoms with Crippen molar-refractivity contribution in [3.63, 3.8) is 0 Å². The topological polar surface area (TPSA) is 41.5 Å². The molecule has 0 aromatic carbocycles. The molecule has 1 aliphatic heterocycles. The smallest absolute Gasteiger partial charge is 0.179 e. The van der Waals surface area contributed by atoms with Crippen LogP contribution < -0.4 is 9.64 Å². The van der Waals surface area contributed by atoms with Gasteiger partial charge in [0.05, 0.1) is 13.3 Å². The zero-order valence-corrected chi connectivity index (χ0v) is 10.6. The molecule has 0 unspecified atom stereocenters. The zero-order chi connectivity index (χ0) is 12.1. The molecule has 1 fully saturated rings. The van der Waals surface area contributed by atoms with E-state index in [1.165, 1.54) is 13.0 Å². The van der Waals surface area contributed by atoms with Gasteiger partial charge in [0.15, 0.2) is 11.6 Å². The maximum atomic E-state index is 5.29. The first kappa shape index (κ1) is 12.1. The molecule has 0 amide bonds. The van der Waals surface area contributed by atoms with Crippen LogP contribution in [-0.2, 0) is 0 Å². The van der Waals surface area contributed by atoms with E-state index in [0.29, 0.717) is 0 Å². The largest absolute Gasteiger partial charge is 0.491 e. The minimum atomic E-state index is 0.761. The molecule has 1 aromatic rings. The summed E-state index contributed by atoms with van der Waals surface area (Å²) in [5, 5.41) is 0. The van der Waals surface area contributed by atoms with Crippen LogP contribution in [0.5, 0.6) is 5.75 Å². The minimum absolute atomic E-state index is 0.761. The summed E-state index contributed by atoms with van der Waals surface area (Å²) in [6, 6.07) is 0. The fourth-order valence-electron chi connectivity index (χ4n) is 2.19. The van der Waals surface area contributed by atoms with Crippen molar-refractivity contribution < 1.29 is 4.74 Å². The van der Waals surface area contributed by atoms with E-state index in [4.69, 9.17) is 4.74 Å². The van der Waals surface area contributed by atoms with Gasteiger partial charge in [-0.25, -0.2) is 9.97 Å². The Morgan fingerprint density at radius 3 is 2.71 bits per heavy atom. The normalized spacial score (nSPS) is 17.2. The van der Waals surface area contributed by atoms with Gasteiger partial charge in [0, 0.05) is 26.2 Å². The molecule has 1 aromatic heterocycles. The first-order valence-electron chi connectivity index (χ1n) is 6.16. The third-order valence-electron chi connectivity index (χ3n) is 3.09. The van der Waals surface area contributed by atoms with Gasteiger partial charge >= 0.3 is 0 Å². The van der Waals surface area contributed by atoms with E-state index >= 15 is 0 Å². The molecule has 0 bridgehead atoms. The quantitative estimate of drug-likeness (QED) is 0.780. The van der Waals surface area contributed by atoms with E-state index in [0.717, 1.165) is 37.7 Å². The van der Waals surface area contributed by atoms with Gasteiger partial charge in [0.2, 0.25) is 0 Å². The highest BCUT2D eigenvalue weighted by atomic mass is 16.5.